The second-order valence-corrected chi connectivity index (χ2v) is 4.89. The van der Waals surface area contributed by atoms with Gasteiger partial charge >= 0.3 is 0 Å². The Labute approximate surface area is 106 Å². The van der Waals surface area contributed by atoms with Crippen molar-refractivity contribution in [2.75, 3.05) is 7.05 Å². The van der Waals surface area contributed by atoms with Crippen molar-refractivity contribution in [2.24, 2.45) is 17.1 Å². The van der Waals surface area contributed by atoms with E-state index in [-0.39, 0.29) is 17.2 Å². The molecule has 0 aromatic rings. The van der Waals surface area contributed by atoms with E-state index in [9.17, 15) is 9.59 Å². The molecule has 0 rings (SSSR count). The Morgan fingerprint density at radius 1 is 1.18 bits per heavy atom. The quantitative estimate of drug-likeness (QED) is 0.785. The van der Waals surface area contributed by atoms with Gasteiger partial charge in [-0.2, -0.15) is 0 Å². The van der Waals surface area contributed by atoms with Crippen molar-refractivity contribution in [2.45, 2.75) is 54.9 Å². The topological polar surface area (TPSA) is 72.2 Å². The predicted octanol–water partition coefficient (Wildman–Crippen LogP) is 2.32. The SMILES string of the molecule is CC.CC(C)(C)C(N)=O.CNC(=O)CC(C)C. The minimum atomic E-state index is -0.361. The summed E-state index contributed by atoms with van der Waals surface area (Å²) in [6.45, 7) is 13.4. The van der Waals surface area contributed by atoms with Gasteiger partial charge in [0.15, 0.2) is 0 Å². The van der Waals surface area contributed by atoms with E-state index in [0.717, 1.165) is 0 Å². The fourth-order valence-corrected chi connectivity index (χ4v) is 0.473. The number of amides is 2. The molecule has 0 heterocycles. The van der Waals surface area contributed by atoms with Crippen LogP contribution in [0, 0.1) is 11.3 Å². The van der Waals surface area contributed by atoms with Crippen LogP contribution in [-0.4, -0.2) is 18.9 Å². The minimum Gasteiger partial charge on any atom is -0.369 e. The molecule has 0 atom stereocenters. The van der Waals surface area contributed by atoms with E-state index in [2.05, 4.69) is 5.32 Å². The Kier molecular flexibility index (Phi) is 14.3. The van der Waals surface area contributed by atoms with Crippen molar-refractivity contribution in [3.8, 4) is 0 Å². The van der Waals surface area contributed by atoms with Gasteiger partial charge in [-0.1, -0.05) is 48.5 Å². The summed E-state index contributed by atoms with van der Waals surface area (Å²) in [6, 6.07) is 0. The first-order valence-electron chi connectivity index (χ1n) is 6.11. The van der Waals surface area contributed by atoms with Crippen LogP contribution in [-0.2, 0) is 9.59 Å². The number of hydrogen-bond donors (Lipinski definition) is 2. The zero-order valence-corrected chi connectivity index (χ0v) is 12.7. The molecule has 0 aromatic heterocycles. The maximum absolute atomic E-state index is 10.5. The lowest BCUT2D eigenvalue weighted by molar-refractivity contribution is -0.125. The van der Waals surface area contributed by atoms with Crippen LogP contribution in [0.25, 0.3) is 0 Å². The van der Waals surface area contributed by atoms with Crippen molar-refractivity contribution < 1.29 is 9.59 Å². The molecule has 0 fully saturated rings. The van der Waals surface area contributed by atoms with Crippen LogP contribution in [0.4, 0.5) is 0 Å². The molecule has 2 amide bonds. The Hall–Kier alpha value is -1.06. The summed E-state index contributed by atoms with van der Waals surface area (Å²) in [5.74, 6) is 0.336. The Morgan fingerprint density at radius 3 is 1.53 bits per heavy atom. The molecule has 0 radical (unpaired) electrons. The Morgan fingerprint density at radius 2 is 1.47 bits per heavy atom. The van der Waals surface area contributed by atoms with Gasteiger partial charge in [-0.25, -0.2) is 0 Å². The molecule has 0 saturated heterocycles. The highest BCUT2D eigenvalue weighted by Crippen LogP contribution is 2.09. The molecule has 0 aliphatic carbocycles. The first-order chi connectivity index (χ1) is 7.61. The van der Waals surface area contributed by atoms with E-state index in [1.807, 2.05) is 27.7 Å². The lowest BCUT2D eigenvalue weighted by atomic mass is 9.96. The van der Waals surface area contributed by atoms with Crippen LogP contribution >= 0.6 is 0 Å². The molecule has 3 N–H and O–H groups in total. The molecule has 0 aliphatic heterocycles. The summed E-state index contributed by atoms with van der Waals surface area (Å²) < 4.78 is 0. The molecule has 4 heteroatoms. The lowest BCUT2D eigenvalue weighted by Gasteiger charge is -2.10. The highest BCUT2D eigenvalue weighted by molar-refractivity contribution is 5.79. The standard InChI is InChI=1S/C6H13NO.C5H11NO.C2H6/c1-5(2)4-6(8)7-3;1-5(2,3)4(6)7;1-2/h5H,4H2,1-3H3,(H,7,8);1-3H3,(H2,6,7);1-2H3. The number of nitrogens with two attached hydrogens (primary N) is 1. The molecule has 0 unspecified atom stereocenters. The average molecular weight is 246 g/mol. The number of carbonyl (C=O) groups excluding carboxylic acids is 2. The molecule has 104 valence electrons. The molecular formula is C13H30N2O2. The highest BCUT2D eigenvalue weighted by atomic mass is 16.2. The third-order valence-electron chi connectivity index (χ3n) is 1.61. The van der Waals surface area contributed by atoms with Gasteiger partial charge in [0, 0.05) is 18.9 Å². The summed E-state index contributed by atoms with van der Waals surface area (Å²) in [5.41, 5.74) is 4.57. The number of carbonyl (C=O) groups is 2. The van der Waals surface area contributed by atoms with Crippen molar-refractivity contribution >= 4 is 11.8 Å². The van der Waals surface area contributed by atoms with E-state index >= 15 is 0 Å². The van der Waals surface area contributed by atoms with Gasteiger partial charge in [0.2, 0.25) is 11.8 Å². The number of nitrogens with one attached hydrogen (secondary N) is 1. The first-order valence-corrected chi connectivity index (χ1v) is 6.11. The second-order valence-electron chi connectivity index (χ2n) is 4.89. The highest BCUT2D eigenvalue weighted by Gasteiger charge is 2.16. The average Bonchev–Trinajstić information content (AvgIpc) is 2.19. The van der Waals surface area contributed by atoms with E-state index in [0.29, 0.717) is 12.3 Å². The predicted molar refractivity (Wildman–Crippen MR) is 73.5 cm³/mol. The van der Waals surface area contributed by atoms with Gasteiger partial charge in [-0.15, -0.1) is 0 Å². The van der Waals surface area contributed by atoms with Crippen LogP contribution in [0.1, 0.15) is 54.9 Å². The third kappa shape index (κ3) is 20.9. The summed E-state index contributed by atoms with van der Waals surface area (Å²) >= 11 is 0. The lowest BCUT2D eigenvalue weighted by Crippen LogP contribution is -2.27. The molecule has 4 nitrogen and oxygen atoms in total. The van der Waals surface area contributed by atoms with Crippen LogP contribution < -0.4 is 11.1 Å². The van der Waals surface area contributed by atoms with Gasteiger partial charge in [0.1, 0.15) is 0 Å². The van der Waals surface area contributed by atoms with Gasteiger partial charge in [-0.05, 0) is 5.92 Å². The van der Waals surface area contributed by atoms with Gasteiger partial charge < -0.3 is 11.1 Å². The number of hydrogen-bond acceptors (Lipinski definition) is 2. The molecule has 17 heavy (non-hydrogen) atoms. The van der Waals surface area contributed by atoms with Crippen LogP contribution in [0.15, 0.2) is 0 Å². The van der Waals surface area contributed by atoms with Crippen molar-refractivity contribution in [1.82, 2.24) is 5.32 Å². The van der Waals surface area contributed by atoms with Crippen LogP contribution in [0.2, 0.25) is 0 Å². The number of rotatable bonds is 2. The summed E-state index contributed by atoms with van der Waals surface area (Å²) in [4.78, 5) is 20.8. The third-order valence-corrected chi connectivity index (χ3v) is 1.61. The largest absolute Gasteiger partial charge is 0.369 e. The maximum Gasteiger partial charge on any atom is 0.222 e. The maximum atomic E-state index is 10.5. The summed E-state index contributed by atoms with van der Waals surface area (Å²) in [5, 5.41) is 2.56. The van der Waals surface area contributed by atoms with Crippen molar-refractivity contribution in [1.29, 1.82) is 0 Å². The summed E-state index contributed by atoms with van der Waals surface area (Å²) in [6.07, 6.45) is 0.635. The fraction of sp³-hybridized carbons (Fsp3) is 0.846. The molecule has 0 aliphatic rings. The van der Waals surface area contributed by atoms with E-state index in [1.165, 1.54) is 0 Å². The summed E-state index contributed by atoms with van der Waals surface area (Å²) in [7, 11) is 1.66. The van der Waals surface area contributed by atoms with Crippen molar-refractivity contribution in [3.05, 3.63) is 0 Å². The molecule has 0 aromatic carbocycles. The van der Waals surface area contributed by atoms with Crippen LogP contribution in [0.5, 0.6) is 0 Å². The Balaban J connectivity index is -0.000000202. The second kappa shape index (κ2) is 11.4. The zero-order chi connectivity index (χ0) is 14.6. The van der Waals surface area contributed by atoms with E-state index < -0.39 is 0 Å². The molecule has 0 bridgehead atoms. The first kappa shape index (κ1) is 21.2. The van der Waals surface area contributed by atoms with Gasteiger partial charge in [0.25, 0.3) is 0 Å². The van der Waals surface area contributed by atoms with Crippen LogP contribution in [0.3, 0.4) is 0 Å². The molecule has 0 spiro atoms. The van der Waals surface area contributed by atoms with E-state index in [4.69, 9.17) is 5.73 Å². The molecule has 0 saturated carbocycles. The normalized spacial score (nSPS) is 9.47. The minimum absolute atomic E-state index is 0.125. The van der Waals surface area contributed by atoms with Gasteiger partial charge in [-0.3, -0.25) is 9.59 Å². The smallest absolute Gasteiger partial charge is 0.222 e. The van der Waals surface area contributed by atoms with Crippen molar-refractivity contribution in [3.63, 3.8) is 0 Å². The Bertz CT molecular complexity index is 206. The number of primary amides is 1. The monoisotopic (exact) mass is 246 g/mol. The van der Waals surface area contributed by atoms with E-state index in [1.54, 1.807) is 27.8 Å². The molecular weight excluding hydrogens is 216 g/mol. The van der Waals surface area contributed by atoms with Gasteiger partial charge in [0.05, 0.1) is 0 Å². The zero-order valence-electron chi connectivity index (χ0n) is 12.7. The fourth-order valence-electron chi connectivity index (χ4n) is 0.473.